The summed E-state index contributed by atoms with van der Waals surface area (Å²) < 4.78 is 0. The van der Waals surface area contributed by atoms with E-state index in [1.54, 1.807) is 6.33 Å². The van der Waals surface area contributed by atoms with E-state index in [2.05, 4.69) is 21.0 Å². The molecule has 1 aromatic carbocycles. The summed E-state index contributed by atoms with van der Waals surface area (Å²) in [5.74, 6) is 0. The Bertz CT molecular complexity index is 663. The summed E-state index contributed by atoms with van der Waals surface area (Å²) in [6.45, 7) is 0.537. The second-order valence-electron chi connectivity index (χ2n) is 3.87. The van der Waals surface area contributed by atoms with Crippen LogP contribution in [0.15, 0.2) is 42.9 Å². The highest BCUT2D eigenvalue weighted by Gasteiger charge is 2.06. The molecule has 0 bridgehead atoms. The Morgan fingerprint density at radius 1 is 1.17 bits per heavy atom. The van der Waals surface area contributed by atoms with Gasteiger partial charge in [0.25, 0.3) is 0 Å². The minimum atomic E-state index is 0. The maximum atomic E-state index is 5.65. The Morgan fingerprint density at radius 2 is 2.06 bits per heavy atom. The fourth-order valence-electron chi connectivity index (χ4n) is 1.95. The van der Waals surface area contributed by atoms with Gasteiger partial charge in [0, 0.05) is 23.7 Å². The number of halogens is 1. The van der Waals surface area contributed by atoms with E-state index in [1.807, 2.05) is 30.5 Å². The van der Waals surface area contributed by atoms with Gasteiger partial charge in [-0.15, -0.1) is 12.4 Å². The Balaban J connectivity index is 0.00000120. The van der Waals surface area contributed by atoms with Gasteiger partial charge in [-0.3, -0.25) is 0 Å². The van der Waals surface area contributed by atoms with Gasteiger partial charge in [0.2, 0.25) is 0 Å². The van der Waals surface area contributed by atoms with Crippen molar-refractivity contribution in [3.8, 4) is 11.3 Å². The molecule has 2 heterocycles. The van der Waals surface area contributed by atoms with Crippen molar-refractivity contribution in [3.63, 3.8) is 0 Å². The lowest BCUT2D eigenvalue weighted by molar-refractivity contribution is 1.07. The summed E-state index contributed by atoms with van der Waals surface area (Å²) in [6.07, 6.45) is 3.44. The van der Waals surface area contributed by atoms with Crippen LogP contribution in [-0.2, 0) is 6.54 Å². The van der Waals surface area contributed by atoms with Gasteiger partial charge in [-0.1, -0.05) is 18.2 Å². The molecule has 0 unspecified atom stereocenters. The smallest absolute Gasteiger partial charge is 0.141 e. The average Bonchev–Trinajstić information content (AvgIpc) is 2.87. The van der Waals surface area contributed by atoms with Crippen molar-refractivity contribution in [1.82, 2.24) is 15.0 Å². The number of hydrogen-bond acceptors (Lipinski definition) is 3. The first-order chi connectivity index (χ1) is 8.38. The first-order valence-corrected chi connectivity index (χ1v) is 5.46. The molecule has 2 aromatic heterocycles. The third-order valence-corrected chi connectivity index (χ3v) is 2.79. The molecule has 0 saturated heterocycles. The van der Waals surface area contributed by atoms with E-state index in [-0.39, 0.29) is 12.4 Å². The Morgan fingerprint density at radius 3 is 2.89 bits per heavy atom. The summed E-state index contributed by atoms with van der Waals surface area (Å²) in [5.41, 5.74) is 9.61. The molecule has 5 heteroatoms. The van der Waals surface area contributed by atoms with Crippen LogP contribution in [0.4, 0.5) is 0 Å². The normalized spacial score (nSPS) is 10.3. The molecule has 0 aliphatic carbocycles. The van der Waals surface area contributed by atoms with E-state index < -0.39 is 0 Å². The van der Waals surface area contributed by atoms with Gasteiger partial charge < -0.3 is 10.7 Å². The van der Waals surface area contributed by atoms with E-state index in [0.29, 0.717) is 6.54 Å². The van der Waals surface area contributed by atoms with Gasteiger partial charge in [0.1, 0.15) is 12.0 Å². The maximum Gasteiger partial charge on any atom is 0.141 e. The minimum absolute atomic E-state index is 0. The number of nitrogens with two attached hydrogens (primary N) is 1. The zero-order valence-corrected chi connectivity index (χ0v) is 10.4. The molecule has 3 aromatic rings. The summed E-state index contributed by atoms with van der Waals surface area (Å²) in [5, 5.41) is 1.03. The largest absolute Gasteiger partial charge is 0.346 e. The highest BCUT2D eigenvalue weighted by molar-refractivity contribution is 5.90. The van der Waals surface area contributed by atoms with Crippen molar-refractivity contribution in [2.75, 3.05) is 0 Å². The van der Waals surface area contributed by atoms with Gasteiger partial charge in [-0.2, -0.15) is 0 Å². The zero-order valence-electron chi connectivity index (χ0n) is 9.63. The number of nitrogens with one attached hydrogen (secondary N) is 1. The highest BCUT2D eigenvalue weighted by atomic mass is 35.5. The van der Waals surface area contributed by atoms with Gasteiger partial charge in [0.05, 0.1) is 5.69 Å². The Kier molecular flexibility index (Phi) is 3.60. The number of aromatic amines is 1. The maximum absolute atomic E-state index is 5.65. The van der Waals surface area contributed by atoms with Crippen LogP contribution < -0.4 is 5.73 Å². The molecule has 0 atom stereocenters. The van der Waals surface area contributed by atoms with Crippen molar-refractivity contribution >= 4 is 23.4 Å². The fourth-order valence-corrected chi connectivity index (χ4v) is 1.95. The summed E-state index contributed by atoms with van der Waals surface area (Å²) in [4.78, 5) is 11.6. The van der Waals surface area contributed by atoms with E-state index in [9.17, 15) is 0 Å². The van der Waals surface area contributed by atoms with E-state index >= 15 is 0 Å². The Hall–Kier alpha value is -1.91. The summed E-state index contributed by atoms with van der Waals surface area (Å²) in [6, 6.07) is 10.1. The third kappa shape index (κ3) is 2.08. The number of H-pyrrole nitrogens is 1. The first-order valence-electron chi connectivity index (χ1n) is 5.46. The number of benzene rings is 1. The lowest BCUT2D eigenvalue weighted by Crippen LogP contribution is -1.96. The van der Waals surface area contributed by atoms with E-state index in [1.165, 1.54) is 0 Å². The van der Waals surface area contributed by atoms with Crippen LogP contribution in [-0.4, -0.2) is 15.0 Å². The number of nitrogens with zero attached hydrogens (tertiary/aromatic N) is 2. The van der Waals surface area contributed by atoms with Crippen LogP contribution in [0.2, 0.25) is 0 Å². The lowest BCUT2D eigenvalue weighted by Gasteiger charge is -2.04. The van der Waals surface area contributed by atoms with Gasteiger partial charge >= 0.3 is 0 Å². The fraction of sp³-hybridized carbons (Fsp3) is 0.0769. The van der Waals surface area contributed by atoms with Crippen LogP contribution in [0.25, 0.3) is 22.3 Å². The molecule has 0 spiro atoms. The predicted octanol–water partition coefficient (Wildman–Crippen LogP) is 2.51. The lowest BCUT2D eigenvalue weighted by atomic mass is 10.1. The third-order valence-electron chi connectivity index (χ3n) is 2.79. The van der Waals surface area contributed by atoms with E-state index in [4.69, 9.17) is 5.73 Å². The topological polar surface area (TPSA) is 67.6 Å². The van der Waals surface area contributed by atoms with Gasteiger partial charge in [-0.05, 0) is 17.7 Å². The number of fused-ring (bicyclic) bond motifs is 1. The van der Waals surface area contributed by atoms with Crippen molar-refractivity contribution in [3.05, 3.63) is 48.4 Å². The van der Waals surface area contributed by atoms with Crippen molar-refractivity contribution < 1.29 is 0 Å². The molecule has 0 amide bonds. The summed E-state index contributed by atoms with van der Waals surface area (Å²) >= 11 is 0. The van der Waals surface area contributed by atoms with Gasteiger partial charge in [0.15, 0.2) is 0 Å². The minimum Gasteiger partial charge on any atom is -0.346 e. The molecular formula is C13H13ClN4. The average molecular weight is 261 g/mol. The molecule has 0 aliphatic heterocycles. The van der Waals surface area contributed by atoms with Crippen LogP contribution >= 0.6 is 12.4 Å². The van der Waals surface area contributed by atoms with Crippen LogP contribution in [0.1, 0.15) is 5.56 Å². The van der Waals surface area contributed by atoms with Crippen molar-refractivity contribution in [2.24, 2.45) is 5.73 Å². The highest BCUT2D eigenvalue weighted by Crippen LogP contribution is 2.25. The van der Waals surface area contributed by atoms with Crippen molar-refractivity contribution in [2.45, 2.75) is 6.54 Å². The molecule has 18 heavy (non-hydrogen) atoms. The zero-order chi connectivity index (χ0) is 11.7. The SMILES string of the molecule is Cl.NCc1cccc(-c2ncnc3[nH]ccc23)c1. The van der Waals surface area contributed by atoms with Crippen LogP contribution in [0.5, 0.6) is 0 Å². The molecule has 3 rings (SSSR count). The number of aromatic nitrogens is 3. The molecule has 92 valence electrons. The van der Waals surface area contributed by atoms with E-state index in [0.717, 1.165) is 27.9 Å². The van der Waals surface area contributed by atoms with Crippen LogP contribution in [0.3, 0.4) is 0 Å². The number of rotatable bonds is 2. The molecular weight excluding hydrogens is 248 g/mol. The molecule has 0 radical (unpaired) electrons. The van der Waals surface area contributed by atoms with Gasteiger partial charge in [-0.25, -0.2) is 9.97 Å². The second-order valence-corrected chi connectivity index (χ2v) is 3.87. The first kappa shape index (κ1) is 12.5. The standard InChI is InChI=1S/C13H12N4.ClH/c14-7-9-2-1-3-10(6-9)12-11-4-5-15-13(11)17-8-16-12;/h1-6,8H,7,14H2,(H,15,16,17);1H. The molecule has 0 fully saturated rings. The quantitative estimate of drug-likeness (QED) is 0.744. The number of hydrogen-bond donors (Lipinski definition) is 2. The van der Waals surface area contributed by atoms with Crippen LogP contribution in [0, 0.1) is 0 Å². The predicted molar refractivity (Wildman–Crippen MR) is 74.5 cm³/mol. The monoisotopic (exact) mass is 260 g/mol. The molecule has 3 N–H and O–H groups in total. The summed E-state index contributed by atoms with van der Waals surface area (Å²) in [7, 11) is 0. The van der Waals surface area contributed by atoms with Crippen molar-refractivity contribution in [1.29, 1.82) is 0 Å². The Labute approximate surface area is 111 Å². The molecule has 0 saturated carbocycles. The second kappa shape index (κ2) is 5.16. The molecule has 4 nitrogen and oxygen atoms in total. The molecule has 0 aliphatic rings.